The van der Waals surface area contributed by atoms with Gasteiger partial charge in [-0.2, -0.15) is 0 Å². The van der Waals surface area contributed by atoms with Gasteiger partial charge in [0.15, 0.2) is 0 Å². The standard InChI is InChI=1S/C19H24N2O2/c1-13-5-6-17(18(11-13)23-16-8-10-22-12-16)20-15(3)19-14(2)7-9-21(19)4/h5-7,9,11,16,20H,2,8,10,12H2,1,3-4H3/b19-15-/t16-/m1/s1. The molecule has 0 aliphatic carbocycles. The van der Waals surface area contributed by atoms with Gasteiger partial charge >= 0.3 is 0 Å². The van der Waals surface area contributed by atoms with Gasteiger partial charge < -0.3 is 19.4 Å². The molecule has 0 saturated carbocycles. The van der Waals surface area contributed by atoms with E-state index in [1.807, 2.05) is 19.3 Å². The van der Waals surface area contributed by atoms with Gasteiger partial charge in [-0.15, -0.1) is 0 Å². The Labute approximate surface area is 137 Å². The summed E-state index contributed by atoms with van der Waals surface area (Å²) in [4.78, 5) is 0. The number of nitrogens with one attached hydrogen (secondary N) is 1. The van der Waals surface area contributed by atoms with Crippen molar-refractivity contribution >= 4 is 18.0 Å². The second kappa shape index (κ2) is 6.50. The van der Waals surface area contributed by atoms with Crippen LogP contribution in [-0.2, 0) is 11.8 Å². The van der Waals surface area contributed by atoms with Gasteiger partial charge in [0, 0.05) is 25.4 Å². The summed E-state index contributed by atoms with van der Waals surface area (Å²) in [5.41, 5.74) is 3.21. The fourth-order valence-corrected chi connectivity index (χ4v) is 2.96. The average molecular weight is 312 g/mol. The summed E-state index contributed by atoms with van der Waals surface area (Å²) in [5, 5.41) is 5.59. The maximum Gasteiger partial charge on any atom is 0.143 e. The van der Waals surface area contributed by atoms with E-state index in [0.29, 0.717) is 6.61 Å². The van der Waals surface area contributed by atoms with Crippen LogP contribution in [0.15, 0.2) is 30.5 Å². The summed E-state index contributed by atoms with van der Waals surface area (Å²) in [7, 11) is 2.03. The second-order valence-corrected chi connectivity index (χ2v) is 6.15. The molecule has 1 fully saturated rings. The molecule has 23 heavy (non-hydrogen) atoms. The van der Waals surface area contributed by atoms with Gasteiger partial charge in [-0.1, -0.05) is 12.6 Å². The van der Waals surface area contributed by atoms with E-state index in [1.165, 1.54) is 5.56 Å². The third-order valence-corrected chi connectivity index (χ3v) is 4.15. The zero-order chi connectivity index (χ0) is 16.4. The van der Waals surface area contributed by atoms with Gasteiger partial charge in [0.2, 0.25) is 0 Å². The Bertz CT molecular complexity index is 801. The number of nitrogens with zero attached hydrogens (tertiary/aromatic N) is 1. The topological polar surface area (TPSA) is 35.4 Å². The molecule has 1 atom stereocenters. The zero-order valence-corrected chi connectivity index (χ0v) is 14.1. The molecular weight excluding hydrogens is 288 g/mol. The number of hydrogen-bond donors (Lipinski definition) is 1. The molecule has 1 N–H and O–H groups in total. The Morgan fingerprint density at radius 2 is 2.22 bits per heavy atom. The number of hydrogen-bond acceptors (Lipinski definition) is 3. The van der Waals surface area contributed by atoms with Crippen molar-refractivity contribution in [3.05, 3.63) is 46.6 Å². The van der Waals surface area contributed by atoms with Crippen LogP contribution in [0.3, 0.4) is 0 Å². The zero-order valence-electron chi connectivity index (χ0n) is 14.1. The maximum absolute atomic E-state index is 6.14. The summed E-state index contributed by atoms with van der Waals surface area (Å²) in [6.07, 6.45) is 3.10. The molecule has 2 heterocycles. The fourth-order valence-electron chi connectivity index (χ4n) is 2.96. The Morgan fingerprint density at radius 3 is 2.87 bits per heavy atom. The quantitative estimate of drug-likeness (QED) is 0.939. The number of aryl methyl sites for hydroxylation is 2. The van der Waals surface area contributed by atoms with E-state index in [4.69, 9.17) is 9.47 Å². The van der Waals surface area contributed by atoms with Gasteiger partial charge in [0.05, 0.1) is 24.3 Å². The molecule has 4 nitrogen and oxygen atoms in total. The molecule has 4 heteroatoms. The molecule has 1 saturated heterocycles. The smallest absolute Gasteiger partial charge is 0.143 e. The Morgan fingerprint density at radius 1 is 1.39 bits per heavy atom. The van der Waals surface area contributed by atoms with Crippen molar-refractivity contribution in [1.29, 1.82) is 0 Å². The predicted molar refractivity (Wildman–Crippen MR) is 93.9 cm³/mol. The van der Waals surface area contributed by atoms with E-state index in [0.717, 1.165) is 40.7 Å². The lowest BCUT2D eigenvalue weighted by molar-refractivity contribution is 0.142. The summed E-state index contributed by atoms with van der Waals surface area (Å²) in [6.45, 7) is 9.67. The molecule has 3 rings (SSSR count). The minimum Gasteiger partial charge on any atom is -0.486 e. The Balaban J connectivity index is 1.93. The summed E-state index contributed by atoms with van der Waals surface area (Å²) < 4.78 is 13.6. The number of benzene rings is 1. The van der Waals surface area contributed by atoms with E-state index < -0.39 is 0 Å². The highest BCUT2D eigenvalue weighted by Gasteiger charge is 2.19. The highest BCUT2D eigenvalue weighted by molar-refractivity contribution is 5.69. The van der Waals surface area contributed by atoms with E-state index in [2.05, 4.69) is 48.5 Å². The number of aromatic nitrogens is 1. The SMILES string of the molecule is C=c1ccn(C)/c1=C(/C)Nc1ccc(C)cc1O[C@@H]1CCOC1. The molecule has 1 aromatic carbocycles. The first-order valence-corrected chi connectivity index (χ1v) is 7.98. The monoisotopic (exact) mass is 312 g/mol. The molecule has 122 valence electrons. The van der Waals surface area contributed by atoms with Crippen molar-refractivity contribution in [2.45, 2.75) is 26.4 Å². The Kier molecular flexibility index (Phi) is 4.44. The van der Waals surface area contributed by atoms with Crippen molar-refractivity contribution in [1.82, 2.24) is 4.57 Å². The van der Waals surface area contributed by atoms with E-state index in [9.17, 15) is 0 Å². The highest BCUT2D eigenvalue weighted by atomic mass is 16.5. The van der Waals surface area contributed by atoms with Gasteiger partial charge in [-0.25, -0.2) is 0 Å². The number of ether oxygens (including phenoxy) is 2. The molecule has 1 aliphatic heterocycles. The molecule has 2 aromatic rings. The Hall–Kier alpha value is -2.20. The van der Waals surface area contributed by atoms with Crippen molar-refractivity contribution < 1.29 is 9.47 Å². The third-order valence-electron chi connectivity index (χ3n) is 4.15. The lowest BCUT2D eigenvalue weighted by Crippen LogP contribution is -2.30. The minimum absolute atomic E-state index is 0.135. The molecule has 0 amide bonds. The van der Waals surface area contributed by atoms with E-state index in [-0.39, 0.29) is 6.10 Å². The van der Waals surface area contributed by atoms with Gasteiger partial charge in [-0.3, -0.25) is 0 Å². The van der Waals surface area contributed by atoms with Crippen molar-refractivity contribution in [2.24, 2.45) is 7.05 Å². The lowest BCUT2D eigenvalue weighted by Gasteiger charge is -2.17. The maximum atomic E-state index is 6.14. The first kappa shape index (κ1) is 15.7. The van der Waals surface area contributed by atoms with Crippen molar-refractivity contribution in [3.63, 3.8) is 0 Å². The number of anilines is 1. The van der Waals surface area contributed by atoms with Crippen LogP contribution in [0.4, 0.5) is 5.69 Å². The third kappa shape index (κ3) is 3.42. The van der Waals surface area contributed by atoms with Crippen LogP contribution in [0.25, 0.3) is 12.3 Å². The van der Waals surface area contributed by atoms with Crippen molar-refractivity contribution in [2.75, 3.05) is 18.5 Å². The average Bonchev–Trinajstić information content (AvgIpc) is 3.12. The first-order valence-electron chi connectivity index (χ1n) is 7.98. The summed E-state index contributed by atoms with van der Waals surface area (Å²) in [6, 6.07) is 8.24. The van der Waals surface area contributed by atoms with Gasteiger partial charge in [-0.05, 0) is 42.8 Å². The molecule has 0 unspecified atom stereocenters. The number of rotatable bonds is 4. The minimum atomic E-state index is 0.135. The van der Waals surface area contributed by atoms with Gasteiger partial charge in [0.1, 0.15) is 11.9 Å². The summed E-state index contributed by atoms with van der Waals surface area (Å²) in [5.74, 6) is 0.875. The molecule has 1 aromatic heterocycles. The van der Waals surface area contributed by atoms with Gasteiger partial charge in [0.25, 0.3) is 0 Å². The second-order valence-electron chi connectivity index (χ2n) is 6.15. The summed E-state index contributed by atoms with van der Waals surface area (Å²) >= 11 is 0. The van der Waals surface area contributed by atoms with Crippen LogP contribution in [-0.4, -0.2) is 23.9 Å². The van der Waals surface area contributed by atoms with Crippen LogP contribution in [0, 0.1) is 6.92 Å². The molecule has 0 spiro atoms. The molecule has 0 bridgehead atoms. The fraction of sp³-hybridized carbons (Fsp3) is 0.368. The largest absolute Gasteiger partial charge is 0.486 e. The van der Waals surface area contributed by atoms with E-state index >= 15 is 0 Å². The van der Waals surface area contributed by atoms with Crippen LogP contribution in [0.5, 0.6) is 5.75 Å². The first-order chi connectivity index (χ1) is 11.0. The highest BCUT2D eigenvalue weighted by Crippen LogP contribution is 2.29. The predicted octanol–water partition coefficient (Wildman–Crippen LogP) is 2.15. The van der Waals surface area contributed by atoms with Crippen LogP contribution in [0.2, 0.25) is 0 Å². The molecule has 1 aliphatic rings. The normalized spacial score (nSPS) is 18.8. The van der Waals surface area contributed by atoms with Crippen LogP contribution < -0.4 is 20.6 Å². The van der Waals surface area contributed by atoms with Crippen LogP contribution in [0.1, 0.15) is 18.9 Å². The lowest BCUT2D eigenvalue weighted by atomic mass is 10.2. The van der Waals surface area contributed by atoms with Crippen molar-refractivity contribution in [3.8, 4) is 5.75 Å². The molecule has 0 radical (unpaired) electrons. The van der Waals surface area contributed by atoms with E-state index in [1.54, 1.807) is 0 Å². The molecular formula is C19H24N2O2. The van der Waals surface area contributed by atoms with Crippen LogP contribution >= 0.6 is 0 Å².